The lowest BCUT2D eigenvalue weighted by Gasteiger charge is -2.39. The summed E-state index contributed by atoms with van der Waals surface area (Å²) in [5, 5.41) is 5.15. The maximum atomic E-state index is 12.5. The zero-order valence-electron chi connectivity index (χ0n) is 13.9. The van der Waals surface area contributed by atoms with Crippen LogP contribution in [0.15, 0.2) is 17.5 Å². The zero-order valence-corrected chi connectivity index (χ0v) is 14.7. The number of carbonyl (C=O) groups is 1. The predicted molar refractivity (Wildman–Crippen MR) is 90.7 cm³/mol. The van der Waals surface area contributed by atoms with Gasteiger partial charge in [0, 0.05) is 36.3 Å². The van der Waals surface area contributed by atoms with Crippen molar-refractivity contribution in [3.63, 3.8) is 0 Å². The number of nitrogens with one attached hydrogen (secondary N) is 1. The number of hydrogen-bond acceptors (Lipinski definition) is 4. The molecule has 23 heavy (non-hydrogen) atoms. The fraction of sp³-hybridized carbons (Fsp3) is 0.706. The minimum atomic E-state index is -0.525. The van der Waals surface area contributed by atoms with Crippen LogP contribution < -0.4 is 5.32 Å². The number of piperidine rings is 1. The van der Waals surface area contributed by atoms with Crippen LogP contribution in [-0.2, 0) is 9.47 Å². The Bertz CT molecular complexity index is 514. The molecule has 2 aliphatic rings. The summed E-state index contributed by atoms with van der Waals surface area (Å²) in [5.74, 6) is 0.0706. The normalized spacial score (nSPS) is 25.3. The third kappa shape index (κ3) is 3.87. The minimum absolute atomic E-state index is 0.0275. The molecule has 2 amide bonds. The molecule has 0 spiro atoms. The molecule has 1 aromatic rings. The zero-order chi connectivity index (χ0) is 16.3. The Morgan fingerprint density at radius 1 is 1.52 bits per heavy atom. The van der Waals surface area contributed by atoms with Crippen molar-refractivity contribution in [1.82, 2.24) is 10.2 Å². The molecule has 2 fully saturated rings. The first-order valence-corrected chi connectivity index (χ1v) is 9.30. The number of ether oxygens (including phenoxy) is 2. The number of hydrogen-bond donors (Lipinski definition) is 1. The van der Waals surface area contributed by atoms with Gasteiger partial charge in [0.1, 0.15) is 0 Å². The molecule has 2 saturated heterocycles. The molecule has 1 aromatic heterocycles. The van der Waals surface area contributed by atoms with Crippen LogP contribution in [0.4, 0.5) is 4.79 Å². The monoisotopic (exact) mass is 338 g/mol. The molecule has 5 nitrogen and oxygen atoms in total. The molecular formula is C17H26N2O3S. The second-order valence-electron chi connectivity index (χ2n) is 6.60. The van der Waals surface area contributed by atoms with E-state index >= 15 is 0 Å². The van der Waals surface area contributed by atoms with E-state index in [1.807, 2.05) is 11.8 Å². The van der Waals surface area contributed by atoms with Crippen molar-refractivity contribution in [3.05, 3.63) is 22.4 Å². The van der Waals surface area contributed by atoms with Gasteiger partial charge in [0.2, 0.25) is 0 Å². The second-order valence-corrected chi connectivity index (χ2v) is 7.58. The average Bonchev–Trinajstić information content (AvgIpc) is 3.25. The van der Waals surface area contributed by atoms with Gasteiger partial charge in [-0.3, -0.25) is 0 Å². The number of thiophene rings is 1. The molecule has 1 N–H and O–H groups in total. The van der Waals surface area contributed by atoms with Crippen molar-refractivity contribution in [1.29, 1.82) is 0 Å². The van der Waals surface area contributed by atoms with Gasteiger partial charge in [-0.25, -0.2) is 4.79 Å². The molecule has 6 heteroatoms. The van der Waals surface area contributed by atoms with Gasteiger partial charge in [-0.1, -0.05) is 13.0 Å². The van der Waals surface area contributed by atoms with Crippen molar-refractivity contribution >= 4 is 17.4 Å². The van der Waals surface area contributed by atoms with Gasteiger partial charge < -0.3 is 19.7 Å². The van der Waals surface area contributed by atoms with Crippen LogP contribution in [0.5, 0.6) is 0 Å². The maximum absolute atomic E-state index is 12.5. The second kappa shape index (κ2) is 7.20. The maximum Gasteiger partial charge on any atom is 0.317 e. The van der Waals surface area contributed by atoms with E-state index in [1.165, 1.54) is 4.88 Å². The van der Waals surface area contributed by atoms with Crippen molar-refractivity contribution in [2.24, 2.45) is 5.92 Å². The van der Waals surface area contributed by atoms with E-state index in [0.717, 1.165) is 19.4 Å². The Hall–Kier alpha value is -1.11. The first kappa shape index (κ1) is 16.7. The summed E-state index contributed by atoms with van der Waals surface area (Å²) in [6.07, 6.45) is 2.05. The van der Waals surface area contributed by atoms with Crippen LogP contribution in [0, 0.1) is 5.92 Å². The van der Waals surface area contributed by atoms with E-state index in [1.54, 1.807) is 11.3 Å². The van der Waals surface area contributed by atoms with Crippen LogP contribution in [0.2, 0.25) is 0 Å². The third-order valence-corrected chi connectivity index (χ3v) is 6.00. The minimum Gasteiger partial charge on any atom is -0.347 e. The van der Waals surface area contributed by atoms with Crippen molar-refractivity contribution in [2.75, 3.05) is 32.8 Å². The lowest BCUT2D eigenvalue weighted by molar-refractivity contribution is -0.189. The van der Waals surface area contributed by atoms with Gasteiger partial charge in [0.05, 0.1) is 13.2 Å². The van der Waals surface area contributed by atoms with Crippen LogP contribution >= 0.6 is 11.3 Å². The third-order valence-electron chi connectivity index (χ3n) is 4.90. The van der Waals surface area contributed by atoms with Crippen LogP contribution in [-0.4, -0.2) is 49.6 Å². The van der Waals surface area contributed by atoms with Gasteiger partial charge in [-0.2, -0.15) is 0 Å². The molecule has 3 heterocycles. The van der Waals surface area contributed by atoms with Crippen LogP contribution in [0.1, 0.15) is 37.5 Å². The summed E-state index contributed by atoms with van der Waals surface area (Å²) < 4.78 is 11.6. The Kier molecular flexibility index (Phi) is 5.24. The molecule has 0 radical (unpaired) electrons. The van der Waals surface area contributed by atoms with Gasteiger partial charge in [0.25, 0.3) is 0 Å². The average molecular weight is 338 g/mol. The van der Waals surface area contributed by atoms with Crippen molar-refractivity contribution in [3.8, 4) is 0 Å². The SMILES string of the molecule is C[C@@H](CNC(=O)N1CCC[C@@H](C2(C)OCCO2)C1)c1cccs1. The number of urea groups is 1. The molecule has 2 atom stereocenters. The Balaban J connectivity index is 1.51. The van der Waals surface area contributed by atoms with Gasteiger partial charge in [0.15, 0.2) is 5.79 Å². The van der Waals surface area contributed by atoms with E-state index in [9.17, 15) is 4.79 Å². The Morgan fingerprint density at radius 3 is 3.00 bits per heavy atom. The molecule has 0 unspecified atom stereocenters. The van der Waals surface area contributed by atoms with Crippen LogP contribution in [0.25, 0.3) is 0 Å². The topological polar surface area (TPSA) is 50.8 Å². The highest BCUT2D eigenvalue weighted by Gasteiger charge is 2.42. The van der Waals surface area contributed by atoms with Crippen LogP contribution in [0.3, 0.4) is 0 Å². The Morgan fingerprint density at radius 2 is 2.30 bits per heavy atom. The predicted octanol–water partition coefficient (Wildman–Crippen LogP) is 3.04. The van der Waals surface area contributed by atoms with E-state index in [2.05, 4.69) is 29.8 Å². The van der Waals surface area contributed by atoms with Gasteiger partial charge in [-0.05, 0) is 31.2 Å². The number of carbonyl (C=O) groups excluding carboxylic acids is 1. The van der Waals surface area contributed by atoms with Crippen molar-refractivity contribution in [2.45, 2.75) is 38.4 Å². The quantitative estimate of drug-likeness (QED) is 0.918. The van der Waals surface area contributed by atoms with Gasteiger partial charge in [-0.15, -0.1) is 11.3 Å². The summed E-state index contributed by atoms with van der Waals surface area (Å²) in [6, 6.07) is 4.20. The standard InChI is InChI=1S/C17H26N2O3S/c1-13(15-6-4-10-23-15)11-18-16(20)19-7-3-5-14(12-19)17(2)21-8-9-22-17/h4,6,10,13-14H,3,5,7-9,11-12H2,1-2H3,(H,18,20)/t13-,14+/m0/s1. The molecule has 3 rings (SSSR count). The number of likely N-dealkylation sites (tertiary alicyclic amines) is 1. The number of amides is 2. The van der Waals surface area contributed by atoms with E-state index in [0.29, 0.717) is 32.2 Å². The molecule has 0 saturated carbocycles. The molecule has 0 aromatic carbocycles. The van der Waals surface area contributed by atoms with E-state index < -0.39 is 5.79 Å². The summed E-state index contributed by atoms with van der Waals surface area (Å²) in [6.45, 7) is 7.64. The smallest absolute Gasteiger partial charge is 0.317 e. The lowest BCUT2D eigenvalue weighted by Crippen LogP contribution is -2.51. The summed E-state index contributed by atoms with van der Waals surface area (Å²) >= 11 is 1.74. The van der Waals surface area contributed by atoms with Crippen molar-refractivity contribution < 1.29 is 14.3 Å². The largest absolute Gasteiger partial charge is 0.347 e. The summed E-state index contributed by atoms with van der Waals surface area (Å²) in [7, 11) is 0. The van der Waals surface area contributed by atoms with E-state index in [4.69, 9.17) is 9.47 Å². The molecule has 2 aliphatic heterocycles. The fourth-order valence-electron chi connectivity index (χ4n) is 3.38. The molecule has 128 valence electrons. The summed E-state index contributed by atoms with van der Waals surface area (Å²) in [4.78, 5) is 15.7. The fourth-order valence-corrected chi connectivity index (χ4v) is 4.17. The molecule has 0 aliphatic carbocycles. The lowest BCUT2D eigenvalue weighted by atomic mass is 9.90. The first-order chi connectivity index (χ1) is 11.1. The molecule has 0 bridgehead atoms. The number of nitrogens with zero attached hydrogens (tertiary/aromatic N) is 1. The number of rotatable bonds is 4. The Labute approximate surface area is 142 Å². The summed E-state index contributed by atoms with van der Waals surface area (Å²) in [5.41, 5.74) is 0. The van der Waals surface area contributed by atoms with E-state index in [-0.39, 0.29) is 11.9 Å². The highest BCUT2D eigenvalue weighted by Crippen LogP contribution is 2.34. The van der Waals surface area contributed by atoms with Gasteiger partial charge >= 0.3 is 6.03 Å². The highest BCUT2D eigenvalue weighted by atomic mass is 32.1. The molecular weight excluding hydrogens is 312 g/mol. The highest BCUT2D eigenvalue weighted by molar-refractivity contribution is 7.10. The first-order valence-electron chi connectivity index (χ1n) is 8.42.